The molecule has 1 aliphatic heterocycles. The number of nitrogens with zero attached hydrogens (tertiary/aromatic N) is 2. The molecule has 0 saturated carbocycles. The first-order chi connectivity index (χ1) is 14.6. The van der Waals surface area contributed by atoms with Gasteiger partial charge in [0.25, 0.3) is 5.91 Å². The van der Waals surface area contributed by atoms with Gasteiger partial charge in [0.15, 0.2) is 15.0 Å². The largest absolute Gasteiger partial charge is 0.325 e. The number of fused-ring (bicyclic) bond motifs is 1. The van der Waals surface area contributed by atoms with Crippen molar-refractivity contribution in [1.82, 2.24) is 15.2 Å². The van der Waals surface area contributed by atoms with Crippen molar-refractivity contribution >= 4 is 54.4 Å². The van der Waals surface area contributed by atoms with Crippen molar-refractivity contribution in [2.75, 3.05) is 18.1 Å². The van der Waals surface area contributed by atoms with E-state index in [9.17, 15) is 22.8 Å². The van der Waals surface area contributed by atoms with Crippen LogP contribution in [0.5, 0.6) is 0 Å². The van der Waals surface area contributed by atoms with Gasteiger partial charge < -0.3 is 10.6 Å². The predicted molar refractivity (Wildman–Crippen MR) is 115 cm³/mol. The highest BCUT2D eigenvalue weighted by atomic mass is 32.2. The fourth-order valence-corrected chi connectivity index (χ4v) is 4.94. The van der Waals surface area contributed by atoms with Gasteiger partial charge >= 0.3 is 6.03 Å². The van der Waals surface area contributed by atoms with Crippen molar-refractivity contribution in [2.45, 2.75) is 17.4 Å². The smallest absolute Gasteiger partial charge is 0.319 e. The van der Waals surface area contributed by atoms with E-state index in [1.54, 1.807) is 43.3 Å². The molecule has 0 aliphatic carbocycles. The molecule has 2 N–H and O–H groups in total. The van der Waals surface area contributed by atoms with E-state index < -0.39 is 39.8 Å². The SMILES string of the molecule is CC1(c2ccccc2)NC(=O)N(CC(=O)Nc2nc3ccc(S(C)(=O)=O)cc3s2)C1=O. The minimum Gasteiger partial charge on any atom is -0.319 e. The summed E-state index contributed by atoms with van der Waals surface area (Å²) in [6, 6.07) is 12.6. The molecular weight excluding hydrogens is 440 g/mol. The predicted octanol–water partition coefficient (Wildman–Crippen LogP) is 2.11. The van der Waals surface area contributed by atoms with Gasteiger partial charge in [-0.05, 0) is 30.7 Å². The average Bonchev–Trinajstić information content (AvgIpc) is 3.21. The molecule has 1 fully saturated rings. The molecule has 2 aromatic carbocycles. The van der Waals surface area contributed by atoms with Crippen molar-refractivity contribution < 1.29 is 22.8 Å². The zero-order valence-corrected chi connectivity index (χ0v) is 18.2. The molecule has 3 aromatic rings. The highest BCUT2D eigenvalue weighted by Crippen LogP contribution is 2.30. The number of imide groups is 1. The van der Waals surface area contributed by atoms with Crippen LogP contribution >= 0.6 is 11.3 Å². The Kier molecular flexibility index (Phi) is 5.02. The lowest BCUT2D eigenvalue weighted by molar-refractivity contribution is -0.133. The summed E-state index contributed by atoms with van der Waals surface area (Å²) in [5, 5.41) is 5.45. The second-order valence-corrected chi connectivity index (χ2v) is 10.3. The molecule has 9 nitrogen and oxygen atoms in total. The molecule has 1 atom stereocenters. The van der Waals surface area contributed by atoms with Crippen LogP contribution in [-0.4, -0.2) is 48.9 Å². The van der Waals surface area contributed by atoms with Crippen LogP contribution in [0.2, 0.25) is 0 Å². The van der Waals surface area contributed by atoms with E-state index in [2.05, 4.69) is 15.6 Å². The van der Waals surface area contributed by atoms with E-state index in [4.69, 9.17) is 0 Å². The Bertz CT molecular complexity index is 1320. The monoisotopic (exact) mass is 458 g/mol. The number of sulfone groups is 1. The lowest BCUT2D eigenvalue weighted by atomic mass is 9.92. The molecule has 160 valence electrons. The molecule has 0 radical (unpaired) electrons. The van der Waals surface area contributed by atoms with Gasteiger partial charge in [0, 0.05) is 6.26 Å². The minimum atomic E-state index is -3.37. The maximum Gasteiger partial charge on any atom is 0.325 e. The third kappa shape index (κ3) is 3.89. The Hall–Kier alpha value is -3.31. The van der Waals surface area contributed by atoms with Crippen LogP contribution in [0.25, 0.3) is 10.2 Å². The maximum atomic E-state index is 12.9. The number of rotatable bonds is 5. The number of hydrogen-bond acceptors (Lipinski definition) is 7. The van der Waals surface area contributed by atoms with Crippen molar-refractivity contribution in [3.05, 3.63) is 54.1 Å². The van der Waals surface area contributed by atoms with Gasteiger partial charge in [-0.3, -0.25) is 14.5 Å². The zero-order chi connectivity index (χ0) is 22.4. The van der Waals surface area contributed by atoms with E-state index in [-0.39, 0.29) is 10.0 Å². The summed E-state index contributed by atoms with van der Waals surface area (Å²) in [5.74, 6) is -1.12. The third-order valence-electron chi connectivity index (χ3n) is 4.96. The Balaban J connectivity index is 1.50. The van der Waals surface area contributed by atoms with Gasteiger partial charge in [-0.1, -0.05) is 41.7 Å². The normalized spacial score (nSPS) is 19.0. The maximum absolute atomic E-state index is 12.9. The van der Waals surface area contributed by atoms with Crippen molar-refractivity contribution in [1.29, 1.82) is 0 Å². The molecule has 1 aliphatic rings. The first kappa shape index (κ1) is 20.9. The van der Waals surface area contributed by atoms with Crippen molar-refractivity contribution in [3.8, 4) is 0 Å². The number of aromatic nitrogens is 1. The topological polar surface area (TPSA) is 126 Å². The quantitative estimate of drug-likeness (QED) is 0.564. The summed E-state index contributed by atoms with van der Waals surface area (Å²) in [4.78, 5) is 43.0. The van der Waals surface area contributed by atoms with Gasteiger partial charge in [0.2, 0.25) is 5.91 Å². The summed E-state index contributed by atoms with van der Waals surface area (Å²) < 4.78 is 24.0. The molecule has 4 rings (SSSR count). The van der Waals surface area contributed by atoms with Crippen LogP contribution in [0.1, 0.15) is 12.5 Å². The summed E-state index contributed by atoms with van der Waals surface area (Å²) in [6.07, 6.45) is 1.11. The van der Waals surface area contributed by atoms with E-state index in [1.165, 1.54) is 12.1 Å². The van der Waals surface area contributed by atoms with E-state index >= 15 is 0 Å². The molecule has 31 heavy (non-hydrogen) atoms. The summed E-state index contributed by atoms with van der Waals surface area (Å²) in [5.41, 5.74) is -0.111. The fourth-order valence-electron chi connectivity index (χ4n) is 3.30. The third-order valence-corrected chi connectivity index (χ3v) is 7.01. The fraction of sp³-hybridized carbons (Fsp3) is 0.200. The Morgan fingerprint density at radius 3 is 2.58 bits per heavy atom. The lowest BCUT2D eigenvalue weighted by Gasteiger charge is -2.21. The van der Waals surface area contributed by atoms with Crippen molar-refractivity contribution in [3.63, 3.8) is 0 Å². The molecule has 11 heteroatoms. The van der Waals surface area contributed by atoms with E-state index in [0.717, 1.165) is 22.5 Å². The number of nitrogens with one attached hydrogen (secondary N) is 2. The molecule has 0 bridgehead atoms. The molecule has 1 aromatic heterocycles. The van der Waals surface area contributed by atoms with Gasteiger partial charge in [-0.2, -0.15) is 0 Å². The van der Waals surface area contributed by atoms with Gasteiger partial charge in [-0.15, -0.1) is 0 Å². The number of benzene rings is 2. The zero-order valence-electron chi connectivity index (χ0n) is 16.6. The van der Waals surface area contributed by atoms with Gasteiger partial charge in [0.1, 0.15) is 12.1 Å². The van der Waals surface area contributed by atoms with Crippen molar-refractivity contribution in [2.24, 2.45) is 0 Å². The minimum absolute atomic E-state index is 0.154. The second kappa shape index (κ2) is 7.43. The van der Waals surface area contributed by atoms with E-state index in [0.29, 0.717) is 15.8 Å². The Labute approximate surface area is 182 Å². The Morgan fingerprint density at radius 2 is 1.90 bits per heavy atom. The standard InChI is InChI=1S/C20H18N4O5S2/c1-20(12-6-4-3-5-7-12)17(26)24(19(27)23-20)11-16(25)22-18-21-14-9-8-13(31(2,28)29)10-15(14)30-18/h3-10H,11H2,1-2H3,(H,23,27)(H,21,22,25). The van der Waals surface area contributed by atoms with Gasteiger partial charge in [0.05, 0.1) is 15.1 Å². The summed E-state index contributed by atoms with van der Waals surface area (Å²) in [6.45, 7) is 1.12. The number of thiazole rings is 1. The highest BCUT2D eigenvalue weighted by molar-refractivity contribution is 7.90. The first-order valence-corrected chi connectivity index (χ1v) is 11.9. The first-order valence-electron chi connectivity index (χ1n) is 9.18. The molecule has 4 amide bonds. The van der Waals surface area contributed by atoms with E-state index in [1.807, 2.05) is 0 Å². The number of hydrogen-bond donors (Lipinski definition) is 2. The molecule has 1 saturated heterocycles. The number of amides is 4. The molecule has 2 heterocycles. The van der Waals surface area contributed by atoms with Crippen LogP contribution in [0.15, 0.2) is 53.4 Å². The van der Waals surface area contributed by atoms with Crippen LogP contribution in [0, 0.1) is 0 Å². The van der Waals surface area contributed by atoms with Crippen LogP contribution < -0.4 is 10.6 Å². The number of carbonyl (C=O) groups is 3. The van der Waals surface area contributed by atoms with Gasteiger partial charge in [-0.25, -0.2) is 18.2 Å². The van der Waals surface area contributed by atoms with Crippen LogP contribution in [0.4, 0.5) is 9.93 Å². The summed E-state index contributed by atoms with van der Waals surface area (Å²) >= 11 is 1.10. The Morgan fingerprint density at radius 1 is 1.19 bits per heavy atom. The molecule has 0 spiro atoms. The number of urea groups is 1. The summed E-state index contributed by atoms with van der Waals surface area (Å²) in [7, 11) is -3.37. The van der Waals surface area contributed by atoms with Crippen LogP contribution in [-0.2, 0) is 25.0 Å². The lowest BCUT2D eigenvalue weighted by Crippen LogP contribution is -2.42. The molecular formula is C20H18N4O5S2. The highest BCUT2D eigenvalue weighted by Gasteiger charge is 2.49. The molecule has 1 unspecified atom stereocenters. The van der Waals surface area contributed by atoms with Crippen LogP contribution in [0.3, 0.4) is 0 Å². The second-order valence-electron chi connectivity index (χ2n) is 7.28. The number of carbonyl (C=O) groups excluding carboxylic acids is 3. The average molecular weight is 459 g/mol. The number of anilines is 1.